The number of nitrogens with zero attached hydrogens (tertiary/aromatic N) is 1. The third-order valence-electron chi connectivity index (χ3n) is 3.90. The van der Waals surface area contributed by atoms with Crippen molar-refractivity contribution < 1.29 is 9.53 Å². The van der Waals surface area contributed by atoms with Crippen LogP contribution in [0.4, 0.5) is 5.69 Å². The SMILES string of the molecule is CCc1cnccc1NC(=O)[C@H]1CCCO[C@H]1C(C)C. The standard InChI is InChI=1S/C16H24N2O2/c1-4-12-10-17-8-7-14(12)18-16(19)13-6-5-9-20-15(13)11(2)3/h7-8,10-11,13,15H,4-6,9H2,1-3H3,(H,17,18,19)/t13-,15-/m0/s1. The van der Waals surface area contributed by atoms with Crippen molar-refractivity contribution in [2.24, 2.45) is 11.8 Å². The lowest BCUT2D eigenvalue weighted by atomic mass is 9.86. The van der Waals surface area contributed by atoms with Crippen LogP contribution in [0.5, 0.6) is 0 Å². The van der Waals surface area contributed by atoms with Gasteiger partial charge in [-0.05, 0) is 36.8 Å². The fourth-order valence-corrected chi connectivity index (χ4v) is 2.80. The summed E-state index contributed by atoms with van der Waals surface area (Å²) >= 11 is 0. The van der Waals surface area contributed by atoms with Crippen LogP contribution in [-0.4, -0.2) is 23.6 Å². The fourth-order valence-electron chi connectivity index (χ4n) is 2.80. The Kier molecular flexibility index (Phi) is 5.12. The average Bonchev–Trinajstić information content (AvgIpc) is 2.47. The quantitative estimate of drug-likeness (QED) is 0.919. The molecule has 0 bridgehead atoms. The summed E-state index contributed by atoms with van der Waals surface area (Å²) in [5.74, 6) is 0.375. The van der Waals surface area contributed by atoms with Gasteiger partial charge in [0.1, 0.15) is 0 Å². The number of hydrogen-bond acceptors (Lipinski definition) is 3. The number of hydrogen-bond donors (Lipinski definition) is 1. The van der Waals surface area contributed by atoms with Gasteiger partial charge in [-0.1, -0.05) is 20.8 Å². The number of rotatable bonds is 4. The maximum absolute atomic E-state index is 12.5. The molecule has 1 aliphatic heterocycles. The molecule has 0 aromatic carbocycles. The summed E-state index contributed by atoms with van der Waals surface area (Å²) in [6.45, 7) is 7.05. The molecule has 0 unspecified atom stereocenters. The molecular weight excluding hydrogens is 252 g/mol. The first kappa shape index (κ1) is 15.0. The zero-order valence-corrected chi connectivity index (χ0v) is 12.6. The minimum Gasteiger partial charge on any atom is -0.377 e. The lowest BCUT2D eigenvalue weighted by Gasteiger charge is -2.33. The summed E-state index contributed by atoms with van der Waals surface area (Å²) in [6, 6.07) is 1.87. The van der Waals surface area contributed by atoms with Crippen molar-refractivity contribution in [2.75, 3.05) is 11.9 Å². The van der Waals surface area contributed by atoms with E-state index < -0.39 is 0 Å². The van der Waals surface area contributed by atoms with Crippen LogP contribution in [-0.2, 0) is 16.0 Å². The Morgan fingerprint density at radius 3 is 3.05 bits per heavy atom. The van der Waals surface area contributed by atoms with Crippen molar-refractivity contribution in [3.05, 3.63) is 24.0 Å². The minimum absolute atomic E-state index is 0.0238. The number of anilines is 1. The third kappa shape index (κ3) is 3.37. The van der Waals surface area contributed by atoms with E-state index in [1.165, 1.54) is 0 Å². The van der Waals surface area contributed by atoms with Crippen molar-refractivity contribution >= 4 is 11.6 Å². The molecule has 1 saturated heterocycles. The zero-order valence-electron chi connectivity index (χ0n) is 12.6. The molecule has 4 heteroatoms. The molecular formula is C16H24N2O2. The van der Waals surface area contributed by atoms with Crippen LogP contribution in [0, 0.1) is 11.8 Å². The molecule has 0 saturated carbocycles. The highest BCUT2D eigenvalue weighted by atomic mass is 16.5. The molecule has 1 aromatic rings. The van der Waals surface area contributed by atoms with E-state index in [2.05, 4.69) is 31.1 Å². The van der Waals surface area contributed by atoms with Crippen molar-refractivity contribution in [1.29, 1.82) is 0 Å². The Bertz CT molecular complexity index is 460. The predicted octanol–water partition coefficient (Wildman–Crippen LogP) is 3.03. The van der Waals surface area contributed by atoms with Crippen molar-refractivity contribution in [2.45, 2.75) is 46.1 Å². The normalized spacial score (nSPS) is 22.8. The van der Waals surface area contributed by atoms with Gasteiger partial charge in [0, 0.05) is 24.7 Å². The number of pyridine rings is 1. The molecule has 2 atom stereocenters. The molecule has 0 spiro atoms. The Morgan fingerprint density at radius 2 is 2.35 bits per heavy atom. The number of amides is 1. The summed E-state index contributed by atoms with van der Waals surface area (Å²) < 4.78 is 5.79. The van der Waals surface area contributed by atoms with Crippen LogP contribution in [0.25, 0.3) is 0 Å². The van der Waals surface area contributed by atoms with Crippen LogP contribution >= 0.6 is 0 Å². The largest absolute Gasteiger partial charge is 0.377 e. The monoisotopic (exact) mass is 276 g/mol. The Balaban J connectivity index is 2.10. The lowest BCUT2D eigenvalue weighted by molar-refractivity contribution is -0.131. The first-order valence-electron chi connectivity index (χ1n) is 7.48. The maximum atomic E-state index is 12.5. The Hall–Kier alpha value is -1.42. The number of aryl methyl sites for hydroxylation is 1. The molecule has 2 rings (SSSR count). The zero-order chi connectivity index (χ0) is 14.5. The highest BCUT2D eigenvalue weighted by Crippen LogP contribution is 2.28. The summed E-state index contributed by atoms with van der Waals surface area (Å²) in [5.41, 5.74) is 1.94. The number of carbonyl (C=O) groups excluding carboxylic acids is 1. The molecule has 1 aromatic heterocycles. The van der Waals surface area contributed by atoms with Crippen LogP contribution in [0.2, 0.25) is 0 Å². The molecule has 0 aliphatic carbocycles. The van der Waals surface area contributed by atoms with Gasteiger partial charge >= 0.3 is 0 Å². The van der Waals surface area contributed by atoms with E-state index in [1.807, 2.05) is 12.3 Å². The van der Waals surface area contributed by atoms with Gasteiger partial charge in [-0.15, -0.1) is 0 Å². The Labute approximate surface area is 120 Å². The Morgan fingerprint density at radius 1 is 1.55 bits per heavy atom. The van der Waals surface area contributed by atoms with E-state index in [0.29, 0.717) is 5.92 Å². The van der Waals surface area contributed by atoms with Crippen molar-refractivity contribution in [3.8, 4) is 0 Å². The molecule has 2 heterocycles. The molecule has 110 valence electrons. The number of aromatic nitrogens is 1. The highest BCUT2D eigenvalue weighted by Gasteiger charge is 2.34. The number of carbonyl (C=O) groups is 1. The molecule has 20 heavy (non-hydrogen) atoms. The summed E-state index contributed by atoms with van der Waals surface area (Å²) in [5, 5.41) is 3.06. The molecule has 0 radical (unpaired) electrons. The highest BCUT2D eigenvalue weighted by molar-refractivity contribution is 5.93. The van der Waals surface area contributed by atoms with Crippen LogP contribution < -0.4 is 5.32 Å². The van der Waals surface area contributed by atoms with E-state index in [4.69, 9.17) is 4.74 Å². The van der Waals surface area contributed by atoms with Gasteiger partial charge in [-0.25, -0.2) is 0 Å². The van der Waals surface area contributed by atoms with Gasteiger partial charge in [0.15, 0.2) is 0 Å². The minimum atomic E-state index is -0.0541. The van der Waals surface area contributed by atoms with E-state index >= 15 is 0 Å². The predicted molar refractivity (Wildman–Crippen MR) is 79.5 cm³/mol. The first-order chi connectivity index (χ1) is 9.63. The molecule has 1 fully saturated rings. The van der Waals surface area contributed by atoms with Crippen molar-refractivity contribution in [3.63, 3.8) is 0 Å². The third-order valence-corrected chi connectivity index (χ3v) is 3.90. The molecule has 1 aliphatic rings. The fraction of sp³-hybridized carbons (Fsp3) is 0.625. The van der Waals surface area contributed by atoms with Gasteiger partial charge in [0.05, 0.1) is 12.0 Å². The van der Waals surface area contributed by atoms with E-state index in [0.717, 1.165) is 37.1 Å². The number of nitrogens with one attached hydrogen (secondary N) is 1. The van der Waals surface area contributed by atoms with Crippen LogP contribution in [0.15, 0.2) is 18.5 Å². The van der Waals surface area contributed by atoms with E-state index in [9.17, 15) is 4.79 Å². The first-order valence-corrected chi connectivity index (χ1v) is 7.48. The van der Waals surface area contributed by atoms with E-state index in [-0.39, 0.29) is 17.9 Å². The van der Waals surface area contributed by atoms with Gasteiger partial charge in [-0.3, -0.25) is 9.78 Å². The second-order valence-corrected chi connectivity index (χ2v) is 5.70. The van der Waals surface area contributed by atoms with Crippen LogP contribution in [0.3, 0.4) is 0 Å². The lowest BCUT2D eigenvalue weighted by Crippen LogP contribution is -2.41. The second kappa shape index (κ2) is 6.84. The summed E-state index contributed by atoms with van der Waals surface area (Å²) in [4.78, 5) is 16.6. The van der Waals surface area contributed by atoms with E-state index in [1.54, 1.807) is 6.20 Å². The summed E-state index contributed by atoms with van der Waals surface area (Å²) in [6.07, 6.45) is 6.27. The van der Waals surface area contributed by atoms with Gasteiger partial charge in [0.2, 0.25) is 5.91 Å². The maximum Gasteiger partial charge on any atom is 0.230 e. The van der Waals surface area contributed by atoms with Gasteiger partial charge in [-0.2, -0.15) is 0 Å². The molecule has 1 amide bonds. The topological polar surface area (TPSA) is 51.2 Å². The number of ether oxygens (including phenoxy) is 1. The van der Waals surface area contributed by atoms with Gasteiger partial charge < -0.3 is 10.1 Å². The molecule has 1 N–H and O–H groups in total. The van der Waals surface area contributed by atoms with Crippen LogP contribution in [0.1, 0.15) is 39.2 Å². The molecule has 4 nitrogen and oxygen atoms in total. The smallest absolute Gasteiger partial charge is 0.230 e. The average molecular weight is 276 g/mol. The second-order valence-electron chi connectivity index (χ2n) is 5.70. The van der Waals surface area contributed by atoms with Crippen molar-refractivity contribution in [1.82, 2.24) is 4.98 Å². The summed E-state index contributed by atoms with van der Waals surface area (Å²) in [7, 11) is 0. The van der Waals surface area contributed by atoms with Gasteiger partial charge in [0.25, 0.3) is 0 Å².